The van der Waals surface area contributed by atoms with Crippen LogP contribution in [0.15, 0.2) is 12.1 Å². The van der Waals surface area contributed by atoms with Gasteiger partial charge in [0.05, 0.1) is 0 Å². The predicted octanol–water partition coefficient (Wildman–Crippen LogP) is 2.04. The average molecular weight is 477 g/mol. The summed E-state index contributed by atoms with van der Waals surface area (Å²) in [6.45, 7) is 2.49. The van der Waals surface area contributed by atoms with Gasteiger partial charge in [-0.05, 0) is 37.8 Å². The summed E-state index contributed by atoms with van der Waals surface area (Å²) in [7, 11) is 0. The first-order chi connectivity index (χ1) is 16.4. The predicted molar refractivity (Wildman–Crippen MR) is 115 cm³/mol. The fraction of sp³-hybridized carbons (Fsp3) is 0.619. The standard InChI is InChI=1S/C21H26F3N9O/c22-21(23,24)20-29-28-17-5-6-18(30-33(17)20)31-12-8-14(9-13-31)19(34)25-10-7-16-27-26-15-4-2-1-3-11-32(15)16/h5-6,14H,1-4,7-13H2,(H,25,34). The summed E-state index contributed by atoms with van der Waals surface area (Å²) in [4.78, 5) is 14.6. The molecule has 3 aromatic heterocycles. The molecular formula is C21H26F3N9O. The number of hydrogen-bond acceptors (Lipinski definition) is 7. The molecule has 1 fully saturated rings. The second-order valence-electron chi connectivity index (χ2n) is 8.78. The molecular weight excluding hydrogens is 451 g/mol. The van der Waals surface area contributed by atoms with Crippen LogP contribution in [-0.2, 0) is 30.4 Å². The topological polar surface area (TPSA) is 106 Å². The summed E-state index contributed by atoms with van der Waals surface area (Å²) in [5.74, 6) is 1.06. The third-order valence-electron chi connectivity index (χ3n) is 6.53. The Morgan fingerprint density at radius 2 is 1.85 bits per heavy atom. The monoisotopic (exact) mass is 477 g/mol. The molecule has 0 bridgehead atoms. The SMILES string of the molecule is O=C(NCCc1nnc2n1CCCCC2)C1CCN(c2ccc3nnc(C(F)(F)F)n3n2)CC1. The van der Waals surface area contributed by atoms with Crippen molar-refractivity contribution in [2.75, 3.05) is 24.5 Å². The molecule has 0 aromatic carbocycles. The maximum Gasteiger partial charge on any atom is 0.453 e. The number of nitrogens with one attached hydrogen (secondary N) is 1. The number of rotatable bonds is 5. The molecule has 34 heavy (non-hydrogen) atoms. The number of fused-ring (bicyclic) bond motifs is 2. The van der Waals surface area contributed by atoms with Crippen LogP contribution < -0.4 is 10.2 Å². The summed E-state index contributed by atoms with van der Waals surface area (Å²) in [5, 5.41) is 22.4. The first kappa shape index (κ1) is 22.5. The number of halogens is 3. The molecule has 0 spiro atoms. The minimum atomic E-state index is -4.64. The molecule has 182 valence electrons. The van der Waals surface area contributed by atoms with E-state index in [1.165, 1.54) is 12.5 Å². The van der Waals surface area contributed by atoms with E-state index in [0.29, 0.717) is 44.7 Å². The normalized spacial score (nSPS) is 17.6. The molecule has 5 rings (SSSR count). The number of nitrogens with zero attached hydrogens (tertiary/aromatic N) is 8. The number of aromatic nitrogens is 7. The molecule has 13 heteroatoms. The van der Waals surface area contributed by atoms with Gasteiger partial charge >= 0.3 is 6.18 Å². The Kier molecular flexibility index (Phi) is 6.09. The minimum absolute atomic E-state index is 0.00293. The Bertz CT molecular complexity index is 1160. The van der Waals surface area contributed by atoms with Crippen molar-refractivity contribution >= 4 is 17.4 Å². The van der Waals surface area contributed by atoms with Crippen LogP contribution in [0.1, 0.15) is 49.6 Å². The van der Waals surface area contributed by atoms with Crippen molar-refractivity contribution < 1.29 is 18.0 Å². The molecule has 0 unspecified atom stereocenters. The molecule has 0 saturated carbocycles. The van der Waals surface area contributed by atoms with Gasteiger partial charge < -0.3 is 14.8 Å². The van der Waals surface area contributed by atoms with E-state index in [2.05, 4.69) is 35.4 Å². The molecule has 1 amide bonds. The average Bonchev–Trinajstić information content (AvgIpc) is 3.35. The van der Waals surface area contributed by atoms with Gasteiger partial charge in [0.25, 0.3) is 5.82 Å². The Morgan fingerprint density at radius 1 is 1.03 bits per heavy atom. The number of anilines is 1. The van der Waals surface area contributed by atoms with E-state index >= 15 is 0 Å². The Balaban J connectivity index is 1.14. The van der Waals surface area contributed by atoms with Crippen molar-refractivity contribution in [3.8, 4) is 0 Å². The lowest BCUT2D eigenvalue weighted by Gasteiger charge is -2.32. The zero-order valence-corrected chi connectivity index (χ0v) is 18.6. The fourth-order valence-corrected chi connectivity index (χ4v) is 4.67. The first-order valence-corrected chi connectivity index (χ1v) is 11.6. The smallest absolute Gasteiger partial charge is 0.355 e. The molecule has 1 saturated heterocycles. The molecule has 2 aliphatic rings. The summed E-state index contributed by atoms with van der Waals surface area (Å²) in [6, 6.07) is 3.10. The second-order valence-corrected chi connectivity index (χ2v) is 8.78. The summed E-state index contributed by atoms with van der Waals surface area (Å²) in [6.07, 6.45) is 1.61. The quantitative estimate of drug-likeness (QED) is 0.599. The van der Waals surface area contributed by atoms with Gasteiger partial charge in [-0.1, -0.05) is 6.42 Å². The highest BCUT2D eigenvalue weighted by atomic mass is 19.4. The lowest BCUT2D eigenvalue weighted by Crippen LogP contribution is -2.41. The summed E-state index contributed by atoms with van der Waals surface area (Å²) >= 11 is 0. The second kappa shape index (κ2) is 9.18. The van der Waals surface area contributed by atoms with E-state index in [1.807, 2.05) is 4.90 Å². The zero-order valence-electron chi connectivity index (χ0n) is 18.6. The highest BCUT2D eigenvalue weighted by molar-refractivity contribution is 5.79. The minimum Gasteiger partial charge on any atom is -0.355 e. The highest BCUT2D eigenvalue weighted by Crippen LogP contribution is 2.28. The summed E-state index contributed by atoms with van der Waals surface area (Å²) < 4.78 is 42.3. The molecule has 5 heterocycles. The molecule has 0 atom stereocenters. The molecule has 2 aliphatic heterocycles. The number of amides is 1. The number of hydrogen-bond donors (Lipinski definition) is 1. The lowest BCUT2D eigenvalue weighted by molar-refractivity contribution is -0.146. The van der Waals surface area contributed by atoms with Crippen LogP contribution in [0.3, 0.4) is 0 Å². The van der Waals surface area contributed by atoms with Crippen molar-refractivity contribution in [2.45, 2.75) is 57.7 Å². The van der Waals surface area contributed by atoms with Gasteiger partial charge in [0.2, 0.25) is 5.91 Å². The van der Waals surface area contributed by atoms with E-state index in [4.69, 9.17) is 0 Å². The zero-order chi connectivity index (χ0) is 23.7. The van der Waals surface area contributed by atoms with Crippen molar-refractivity contribution in [2.24, 2.45) is 5.92 Å². The molecule has 10 nitrogen and oxygen atoms in total. The maximum absolute atomic E-state index is 13.1. The van der Waals surface area contributed by atoms with Crippen molar-refractivity contribution in [3.05, 3.63) is 29.6 Å². The molecule has 0 aliphatic carbocycles. The Labute approximate surface area is 193 Å². The largest absolute Gasteiger partial charge is 0.453 e. The van der Waals surface area contributed by atoms with Crippen molar-refractivity contribution in [1.29, 1.82) is 0 Å². The van der Waals surface area contributed by atoms with Crippen LogP contribution in [0.5, 0.6) is 0 Å². The number of aryl methyl sites for hydroxylation is 1. The molecule has 3 aromatic rings. The van der Waals surface area contributed by atoms with Crippen molar-refractivity contribution in [1.82, 2.24) is 39.9 Å². The Morgan fingerprint density at radius 3 is 2.65 bits per heavy atom. The van der Waals surface area contributed by atoms with Crippen LogP contribution in [0.2, 0.25) is 0 Å². The van der Waals surface area contributed by atoms with Gasteiger partial charge in [-0.2, -0.15) is 17.7 Å². The van der Waals surface area contributed by atoms with E-state index in [0.717, 1.165) is 42.0 Å². The lowest BCUT2D eigenvalue weighted by atomic mass is 9.96. The van der Waals surface area contributed by atoms with Crippen LogP contribution in [0.25, 0.3) is 5.65 Å². The van der Waals surface area contributed by atoms with Crippen LogP contribution in [-0.4, -0.2) is 60.1 Å². The number of piperidine rings is 1. The van der Waals surface area contributed by atoms with Gasteiger partial charge in [-0.15, -0.1) is 25.5 Å². The number of alkyl halides is 3. The molecule has 0 radical (unpaired) electrons. The van der Waals surface area contributed by atoms with Gasteiger partial charge in [-0.25, -0.2) is 0 Å². The highest BCUT2D eigenvalue weighted by Gasteiger charge is 2.38. The Hall–Kier alpha value is -3.25. The van der Waals surface area contributed by atoms with E-state index in [9.17, 15) is 18.0 Å². The van der Waals surface area contributed by atoms with E-state index in [1.54, 1.807) is 6.07 Å². The molecule has 1 N–H and O–H groups in total. The van der Waals surface area contributed by atoms with Gasteiger partial charge in [0.1, 0.15) is 17.5 Å². The van der Waals surface area contributed by atoms with Crippen molar-refractivity contribution in [3.63, 3.8) is 0 Å². The van der Waals surface area contributed by atoms with E-state index < -0.39 is 12.0 Å². The van der Waals surface area contributed by atoms with Gasteiger partial charge in [-0.3, -0.25) is 4.79 Å². The van der Waals surface area contributed by atoms with Gasteiger partial charge in [0, 0.05) is 44.9 Å². The van der Waals surface area contributed by atoms with Crippen LogP contribution in [0, 0.1) is 5.92 Å². The first-order valence-electron chi connectivity index (χ1n) is 11.6. The fourth-order valence-electron chi connectivity index (χ4n) is 4.67. The summed E-state index contributed by atoms with van der Waals surface area (Å²) in [5.41, 5.74) is 0.0369. The van der Waals surface area contributed by atoms with Crippen LogP contribution >= 0.6 is 0 Å². The van der Waals surface area contributed by atoms with E-state index in [-0.39, 0.29) is 17.5 Å². The maximum atomic E-state index is 13.1. The number of carbonyl (C=O) groups excluding carboxylic acids is 1. The third kappa shape index (κ3) is 4.55. The van der Waals surface area contributed by atoms with Crippen LogP contribution in [0.4, 0.5) is 19.0 Å². The van der Waals surface area contributed by atoms with Gasteiger partial charge in [0.15, 0.2) is 5.65 Å². The third-order valence-corrected chi connectivity index (χ3v) is 6.53. The number of carbonyl (C=O) groups is 1.